The van der Waals surface area contributed by atoms with E-state index in [0.29, 0.717) is 50.0 Å². The van der Waals surface area contributed by atoms with Crippen molar-refractivity contribution in [3.8, 4) is 5.75 Å². The van der Waals surface area contributed by atoms with Crippen LogP contribution in [0.15, 0.2) is 38.6 Å². The van der Waals surface area contributed by atoms with Gasteiger partial charge in [-0.25, -0.2) is 9.18 Å². The van der Waals surface area contributed by atoms with Crippen LogP contribution in [0, 0.1) is 5.82 Å². The molecule has 0 radical (unpaired) electrons. The second-order valence-corrected chi connectivity index (χ2v) is 11.1. The molecular formula is C29H34FN5O5. The van der Waals surface area contributed by atoms with Crippen molar-refractivity contribution >= 4 is 28.3 Å². The zero-order chi connectivity index (χ0) is 28.1. The summed E-state index contributed by atoms with van der Waals surface area (Å²) in [7, 11) is 5.60. The number of carboxylic acids is 1. The van der Waals surface area contributed by atoms with E-state index >= 15 is 4.39 Å². The van der Waals surface area contributed by atoms with Gasteiger partial charge in [0.25, 0.3) is 0 Å². The van der Waals surface area contributed by atoms with E-state index in [1.54, 1.807) is 4.57 Å². The molecule has 1 atom stereocenters. The number of ether oxygens (including phenoxy) is 1. The highest BCUT2D eigenvalue weighted by Gasteiger charge is 2.32. The number of pyridine rings is 1. The predicted octanol–water partition coefficient (Wildman–Crippen LogP) is 3.22. The summed E-state index contributed by atoms with van der Waals surface area (Å²) < 4.78 is 29.3. The summed E-state index contributed by atoms with van der Waals surface area (Å²) in [4.78, 5) is 35.7. The Hall–Kier alpha value is -3.70. The molecule has 4 heterocycles. The van der Waals surface area contributed by atoms with Crippen molar-refractivity contribution in [1.29, 1.82) is 0 Å². The molecule has 1 saturated carbocycles. The average molecular weight is 552 g/mol. The summed E-state index contributed by atoms with van der Waals surface area (Å²) >= 11 is 0. The van der Waals surface area contributed by atoms with Crippen molar-refractivity contribution in [2.45, 2.75) is 37.9 Å². The lowest BCUT2D eigenvalue weighted by Crippen LogP contribution is -2.46. The number of hydrogen-bond donors (Lipinski definition) is 1. The lowest BCUT2D eigenvalue weighted by atomic mass is 10.1. The minimum atomic E-state index is -1.32. The quantitative estimate of drug-likeness (QED) is 0.455. The Bertz CT molecular complexity index is 1550. The molecule has 40 heavy (non-hydrogen) atoms. The molecule has 6 rings (SSSR count). The zero-order valence-corrected chi connectivity index (χ0v) is 23.0. The number of aromatic nitrogens is 1. The summed E-state index contributed by atoms with van der Waals surface area (Å²) in [6.45, 7) is 3.93. The third-order valence-electron chi connectivity index (χ3n) is 8.24. The first kappa shape index (κ1) is 26.5. The molecule has 1 unspecified atom stereocenters. The highest BCUT2D eigenvalue weighted by molar-refractivity contribution is 6.00. The van der Waals surface area contributed by atoms with Gasteiger partial charge in [0.05, 0.1) is 36.8 Å². The van der Waals surface area contributed by atoms with E-state index in [4.69, 9.17) is 9.15 Å². The smallest absolute Gasteiger partial charge is 0.341 e. The number of piperazine rings is 1. The molecule has 212 valence electrons. The number of anilines is 1. The van der Waals surface area contributed by atoms with Crippen molar-refractivity contribution in [2.24, 2.45) is 4.99 Å². The Labute approximate surface area is 231 Å². The standard InChI is InChI=1S/C29H34FN5O5/c1-32(2)18-12-23(31-14-18)24-7-6-19(40-24)15-33-8-10-34(11-9-33)26-22(30)13-20-25(28(26)39-3)35(17-4-5-17)16-21(27(20)36)29(37)38/h6-7,13,16-18H,4-5,8-12,14-15H2,1-3H3,(H,37,38). The van der Waals surface area contributed by atoms with Crippen LogP contribution in [0.5, 0.6) is 5.75 Å². The molecule has 3 aliphatic rings. The van der Waals surface area contributed by atoms with Gasteiger partial charge in [-0.15, -0.1) is 0 Å². The van der Waals surface area contributed by atoms with Crippen molar-refractivity contribution in [2.75, 3.05) is 58.8 Å². The van der Waals surface area contributed by atoms with Gasteiger partial charge in [-0.1, -0.05) is 0 Å². The molecule has 11 heteroatoms. The number of nitrogens with zero attached hydrogens (tertiary/aromatic N) is 5. The first-order valence-corrected chi connectivity index (χ1v) is 13.7. The number of aromatic carboxylic acids is 1. The molecule has 3 aromatic rings. The van der Waals surface area contributed by atoms with Crippen LogP contribution in [-0.2, 0) is 6.54 Å². The molecule has 1 N–H and O–H groups in total. The second-order valence-electron chi connectivity index (χ2n) is 11.1. The van der Waals surface area contributed by atoms with E-state index in [-0.39, 0.29) is 22.7 Å². The van der Waals surface area contributed by atoms with Crippen LogP contribution in [0.4, 0.5) is 10.1 Å². The van der Waals surface area contributed by atoms with Gasteiger partial charge < -0.3 is 28.6 Å². The van der Waals surface area contributed by atoms with Gasteiger partial charge in [0.2, 0.25) is 5.43 Å². The summed E-state index contributed by atoms with van der Waals surface area (Å²) in [6, 6.07) is 5.63. The Morgan fingerprint density at radius 3 is 2.60 bits per heavy atom. The predicted molar refractivity (Wildman–Crippen MR) is 150 cm³/mol. The third-order valence-corrected chi connectivity index (χ3v) is 8.24. The normalized spacial score (nSPS) is 20.0. The molecule has 0 spiro atoms. The molecule has 1 aromatic carbocycles. The minimum absolute atomic E-state index is 0.0286. The van der Waals surface area contributed by atoms with Crippen molar-refractivity contribution in [3.05, 3.63) is 57.5 Å². The zero-order valence-electron chi connectivity index (χ0n) is 23.0. The van der Waals surface area contributed by atoms with Crippen LogP contribution in [0.25, 0.3) is 10.9 Å². The van der Waals surface area contributed by atoms with Gasteiger partial charge in [-0.05, 0) is 45.1 Å². The Morgan fingerprint density at radius 1 is 1.23 bits per heavy atom. The highest BCUT2D eigenvalue weighted by Crippen LogP contribution is 2.43. The second kappa shape index (κ2) is 10.4. The summed E-state index contributed by atoms with van der Waals surface area (Å²) in [5.74, 6) is 0.0566. The van der Waals surface area contributed by atoms with Crippen molar-refractivity contribution in [3.63, 3.8) is 0 Å². The number of methoxy groups -OCH3 is 1. The van der Waals surface area contributed by atoms with Crippen LogP contribution >= 0.6 is 0 Å². The van der Waals surface area contributed by atoms with E-state index in [1.165, 1.54) is 19.4 Å². The number of hydrogen-bond acceptors (Lipinski definition) is 8. The molecule has 0 amide bonds. The van der Waals surface area contributed by atoms with E-state index in [9.17, 15) is 14.7 Å². The summed E-state index contributed by atoms with van der Waals surface area (Å²) in [5.41, 5.74) is 0.705. The fourth-order valence-electron chi connectivity index (χ4n) is 5.78. The monoisotopic (exact) mass is 551 g/mol. The molecule has 2 aliphatic heterocycles. The molecule has 1 saturated heterocycles. The number of carbonyl (C=O) groups is 1. The number of benzene rings is 1. The van der Waals surface area contributed by atoms with Gasteiger partial charge in [0.15, 0.2) is 11.6 Å². The van der Waals surface area contributed by atoms with E-state index in [1.807, 2.05) is 17.0 Å². The van der Waals surface area contributed by atoms with Gasteiger partial charge in [-0.3, -0.25) is 14.7 Å². The number of halogens is 1. The van der Waals surface area contributed by atoms with E-state index in [0.717, 1.165) is 43.0 Å². The number of furan rings is 1. The Balaban J connectivity index is 1.21. The summed E-state index contributed by atoms with van der Waals surface area (Å²) in [5, 5.41) is 9.59. The highest BCUT2D eigenvalue weighted by atomic mass is 19.1. The topological polar surface area (TPSA) is 104 Å². The van der Waals surface area contributed by atoms with Gasteiger partial charge >= 0.3 is 5.97 Å². The molecule has 10 nitrogen and oxygen atoms in total. The first-order chi connectivity index (χ1) is 19.2. The SMILES string of the molecule is COc1c(N2CCN(Cc3ccc(C4=NCC(N(C)C)C4)o3)CC2)c(F)cc2c(=O)c(C(=O)O)cn(C3CC3)c12. The van der Waals surface area contributed by atoms with Crippen molar-refractivity contribution in [1.82, 2.24) is 14.4 Å². The lowest BCUT2D eigenvalue weighted by Gasteiger charge is -2.36. The van der Waals surface area contributed by atoms with Crippen molar-refractivity contribution < 1.29 is 23.4 Å². The summed E-state index contributed by atoms with van der Waals surface area (Å²) in [6.07, 6.45) is 3.99. The maximum Gasteiger partial charge on any atom is 0.341 e. The van der Waals surface area contributed by atoms with Crippen LogP contribution in [0.1, 0.15) is 47.2 Å². The number of carboxylic acid groups (broad SMARTS) is 1. The maximum atomic E-state index is 15.6. The largest absolute Gasteiger partial charge is 0.492 e. The number of likely N-dealkylation sites (N-methyl/N-ethyl adjacent to an activating group) is 1. The average Bonchev–Trinajstić information content (AvgIpc) is 3.46. The van der Waals surface area contributed by atoms with Crippen LogP contribution in [0.3, 0.4) is 0 Å². The van der Waals surface area contributed by atoms with Crippen LogP contribution < -0.4 is 15.1 Å². The molecule has 1 aliphatic carbocycles. The molecule has 2 fully saturated rings. The molecule has 2 aromatic heterocycles. The van der Waals surface area contributed by atoms with E-state index < -0.39 is 17.2 Å². The molecular weight excluding hydrogens is 517 g/mol. The van der Waals surface area contributed by atoms with Gasteiger partial charge in [0.1, 0.15) is 22.8 Å². The van der Waals surface area contributed by atoms with Crippen LogP contribution in [0.2, 0.25) is 0 Å². The Kier molecular flexibility index (Phi) is 6.87. The Morgan fingerprint density at radius 2 is 1.98 bits per heavy atom. The lowest BCUT2D eigenvalue weighted by molar-refractivity contribution is 0.0694. The number of fused-ring (bicyclic) bond motifs is 1. The van der Waals surface area contributed by atoms with Gasteiger partial charge in [0, 0.05) is 50.9 Å². The third kappa shape index (κ3) is 4.77. The fraction of sp³-hybridized carbons (Fsp3) is 0.483. The number of aliphatic imine (C=N–C) groups is 1. The maximum absolute atomic E-state index is 15.6. The van der Waals surface area contributed by atoms with Gasteiger partial charge in [-0.2, -0.15) is 0 Å². The van der Waals surface area contributed by atoms with Crippen LogP contribution in [-0.4, -0.2) is 91.1 Å². The number of rotatable bonds is 8. The minimum Gasteiger partial charge on any atom is -0.492 e. The first-order valence-electron chi connectivity index (χ1n) is 13.7. The fourth-order valence-corrected chi connectivity index (χ4v) is 5.78. The van der Waals surface area contributed by atoms with E-state index in [2.05, 4.69) is 28.9 Å². The molecule has 0 bridgehead atoms.